The van der Waals surface area contributed by atoms with Crippen LogP contribution in [0.15, 0.2) is 0 Å². The summed E-state index contributed by atoms with van der Waals surface area (Å²) in [7, 11) is 0. The summed E-state index contributed by atoms with van der Waals surface area (Å²) in [5, 5.41) is 0. The summed E-state index contributed by atoms with van der Waals surface area (Å²) in [5.74, 6) is 0. The zero-order valence-electron chi connectivity index (χ0n) is 16.2. The predicted octanol–water partition coefficient (Wildman–Crippen LogP) is 5.27. The topological polar surface area (TPSA) is 65.6 Å². The van der Waals surface area contributed by atoms with Crippen LogP contribution in [-0.2, 0) is 9.59 Å². The fourth-order valence-corrected chi connectivity index (χ4v) is 2.31. The lowest BCUT2D eigenvalue weighted by molar-refractivity contribution is 0.540. The van der Waals surface area contributed by atoms with Gasteiger partial charge in [0.1, 0.15) is 0 Å². The lowest BCUT2D eigenvalue weighted by Gasteiger charge is -1.97. The minimum Gasteiger partial charge on any atom is -0.412 e. The van der Waals surface area contributed by atoms with E-state index in [1.807, 2.05) is 12.6 Å². The van der Waals surface area contributed by atoms with Crippen LogP contribution in [0.5, 0.6) is 0 Å². The standard InChI is InChI=1S/2C10H19O.Al.H2O/c2*1-2-3-4-5-6-7-8-9-10-11;;/h2*2-9H2,1H3;;1H2. The van der Waals surface area contributed by atoms with Gasteiger partial charge in [-0.3, -0.25) is 9.59 Å². The molecule has 0 spiro atoms. The molecule has 0 aromatic rings. The van der Waals surface area contributed by atoms with Crippen LogP contribution in [-0.4, -0.2) is 35.4 Å². The Hall–Kier alpha value is -0.168. The summed E-state index contributed by atoms with van der Waals surface area (Å²) in [6.45, 7) is 4.45. The number of hydrogen-bond donors (Lipinski definition) is 0. The van der Waals surface area contributed by atoms with Gasteiger partial charge in [-0.1, -0.05) is 90.9 Å². The average Bonchev–Trinajstić information content (AvgIpc) is 2.54. The maximum atomic E-state index is 9.82. The average molecular weight is 356 g/mol. The van der Waals surface area contributed by atoms with Crippen molar-refractivity contribution in [3.8, 4) is 0 Å². The molecule has 0 unspecified atom stereocenters. The summed E-state index contributed by atoms with van der Waals surface area (Å²) < 4.78 is 0. The normalized spacial score (nSPS) is 9.08. The largest absolute Gasteiger partial charge is 0.412 e. The third kappa shape index (κ3) is 37.8. The van der Waals surface area contributed by atoms with Crippen molar-refractivity contribution in [2.24, 2.45) is 0 Å². The zero-order valence-corrected chi connectivity index (χ0v) is 17.4. The van der Waals surface area contributed by atoms with Gasteiger partial charge in [-0.05, 0) is 12.8 Å². The monoisotopic (exact) mass is 355 g/mol. The van der Waals surface area contributed by atoms with Crippen LogP contribution in [0.25, 0.3) is 0 Å². The van der Waals surface area contributed by atoms with E-state index in [-0.39, 0.29) is 22.8 Å². The van der Waals surface area contributed by atoms with Crippen LogP contribution in [0.3, 0.4) is 0 Å². The predicted molar refractivity (Wildman–Crippen MR) is 106 cm³/mol. The summed E-state index contributed by atoms with van der Waals surface area (Å²) in [5.41, 5.74) is 0. The first-order chi connectivity index (χ1) is 10.8. The van der Waals surface area contributed by atoms with Crippen LogP contribution < -0.4 is 0 Å². The van der Waals surface area contributed by atoms with Crippen LogP contribution in [0.4, 0.5) is 0 Å². The summed E-state index contributed by atoms with van der Waals surface area (Å²) in [4.78, 5) is 19.6. The molecule has 4 heteroatoms. The molecule has 0 aliphatic heterocycles. The molecule has 0 rings (SSSR count). The first-order valence-electron chi connectivity index (χ1n) is 9.53. The van der Waals surface area contributed by atoms with Gasteiger partial charge < -0.3 is 5.48 Å². The van der Waals surface area contributed by atoms with Gasteiger partial charge in [-0.25, -0.2) is 0 Å². The molecule has 0 fully saturated rings. The molecular weight excluding hydrogens is 315 g/mol. The second-order valence-corrected chi connectivity index (χ2v) is 6.03. The Morgan fingerprint density at radius 1 is 0.500 bits per heavy atom. The molecule has 0 bridgehead atoms. The van der Waals surface area contributed by atoms with Crippen LogP contribution >= 0.6 is 0 Å². The van der Waals surface area contributed by atoms with Crippen LogP contribution in [0, 0.1) is 0 Å². The Kier molecular flexibility index (Phi) is 45.0. The van der Waals surface area contributed by atoms with Crippen molar-refractivity contribution in [1.29, 1.82) is 0 Å². The van der Waals surface area contributed by atoms with Crippen LogP contribution in [0.1, 0.15) is 117 Å². The fourth-order valence-electron chi connectivity index (χ4n) is 2.31. The molecule has 0 amide bonds. The van der Waals surface area contributed by atoms with E-state index < -0.39 is 0 Å². The number of unbranched alkanes of at least 4 members (excludes halogenated alkanes) is 14. The van der Waals surface area contributed by atoms with Crippen molar-refractivity contribution in [2.75, 3.05) is 0 Å². The van der Waals surface area contributed by atoms with E-state index in [2.05, 4.69) is 13.8 Å². The molecule has 0 aromatic carbocycles. The molecule has 0 saturated heterocycles. The third-order valence-corrected chi connectivity index (χ3v) is 3.76. The molecule has 5 radical (unpaired) electrons. The number of hydrogen-bond acceptors (Lipinski definition) is 2. The quantitative estimate of drug-likeness (QED) is 0.280. The summed E-state index contributed by atoms with van der Waals surface area (Å²) in [6, 6.07) is 0. The van der Waals surface area contributed by atoms with Gasteiger partial charge in [0.15, 0.2) is 12.6 Å². The molecule has 24 heavy (non-hydrogen) atoms. The van der Waals surface area contributed by atoms with Gasteiger partial charge in [-0.15, -0.1) is 0 Å². The van der Waals surface area contributed by atoms with Crippen molar-refractivity contribution >= 4 is 29.9 Å². The molecule has 3 nitrogen and oxygen atoms in total. The maximum absolute atomic E-state index is 9.82. The summed E-state index contributed by atoms with van der Waals surface area (Å²) >= 11 is 0. The van der Waals surface area contributed by atoms with Gasteiger partial charge in [0, 0.05) is 30.2 Å². The SMILES string of the molecule is CCCCCCCCC[C]=O.CCCCCCCCC[C]=O.O.[Al]. The highest BCUT2D eigenvalue weighted by molar-refractivity contribution is 5.75. The molecule has 0 atom stereocenters. The number of rotatable bonds is 16. The Morgan fingerprint density at radius 2 is 0.750 bits per heavy atom. The van der Waals surface area contributed by atoms with E-state index in [0.29, 0.717) is 12.8 Å². The highest BCUT2D eigenvalue weighted by Crippen LogP contribution is 2.08. The lowest BCUT2D eigenvalue weighted by atomic mass is 10.1. The highest BCUT2D eigenvalue weighted by atomic mass is 27.0. The molecular formula is C20H40AlO3. The van der Waals surface area contributed by atoms with Crippen molar-refractivity contribution in [3.63, 3.8) is 0 Å². The minimum atomic E-state index is 0. The Morgan fingerprint density at radius 3 is 1.00 bits per heavy atom. The van der Waals surface area contributed by atoms with Gasteiger partial charge in [0.25, 0.3) is 0 Å². The maximum Gasteiger partial charge on any atom is 0.198 e. The van der Waals surface area contributed by atoms with Gasteiger partial charge in [0.05, 0.1) is 0 Å². The molecule has 0 aromatic heterocycles. The van der Waals surface area contributed by atoms with E-state index in [4.69, 9.17) is 0 Å². The smallest absolute Gasteiger partial charge is 0.198 e. The first-order valence-corrected chi connectivity index (χ1v) is 9.53. The Balaban J connectivity index is -0.000000154. The van der Waals surface area contributed by atoms with E-state index in [1.165, 1.54) is 77.0 Å². The zero-order chi connectivity index (χ0) is 16.7. The molecule has 0 aliphatic carbocycles. The van der Waals surface area contributed by atoms with Crippen molar-refractivity contribution in [1.82, 2.24) is 0 Å². The molecule has 0 saturated carbocycles. The van der Waals surface area contributed by atoms with E-state index in [1.54, 1.807) is 0 Å². The third-order valence-electron chi connectivity index (χ3n) is 3.76. The Bertz CT molecular complexity index is 189. The van der Waals surface area contributed by atoms with Crippen molar-refractivity contribution in [2.45, 2.75) is 117 Å². The minimum absolute atomic E-state index is 0. The highest BCUT2D eigenvalue weighted by Gasteiger charge is 1.90. The summed E-state index contributed by atoms with van der Waals surface area (Å²) in [6.07, 6.45) is 22.9. The van der Waals surface area contributed by atoms with Gasteiger partial charge >= 0.3 is 0 Å². The van der Waals surface area contributed by atoms with Gasteiger partial charge in [0.2, 0.25) is 0 Å². The van der Waals surface area contributed by atoms with Crippen LogP contribution in [0.2, 0.25) is 0 Å². The molecule has 2 N–H and O–H groups in total. The first kappa shape index (κ1) is 31.6. The second kappa shape index (κ2) is 34.2. The lowest BCUT2D eigenvalue weighted by Crippen LogP contribution is -1.80. The Labute approximate surface area is 161 Å². The van der Waals surface area contributed by atoms with Crippen molar-refractivity contribution in [3.05, 3.63) is 0 Å². The molecule has 0 aliphatic rings. The fraction of sp³-hybridized carbons (Fsp3) is 0.900. The molecule has 141 valence electrons. The number of carbonyl (C=O) groups excluding carboxylic acids is 2. The van der Waals surface area contributed by atoms with Crippen molar-refractivity contribution < 1.29 is 15.1 Å². The van der Waals surface area contributed by atoms with E-state index in [0.717, 1.165) is 12.8 Å². The van der Waals surface area contributed by atoms with E-state index >= 15 is 0 Å². The van der Waals surface area contributed by atoms with Gasteiger partial charge in [-0.2, -0.15) is 0 Å². The second-order valence-electron chi connectivity index (χ2n) is 6.03. The molecule has 0 heterocycles. The van der Waals surface area contributed by atoms with E-state index in [9.17, 15) is 9.59 Å².